The molecule has 0 heterocycles. The average molecular weight is 280 g/mol. The molecule has 8 heteroatoms. The highest BCUT2D eigenvalue weighted by atomic mass is 32.2. The minimum atomic E-state index is -4.23. The molecule has 0 bridgehead atoms. The van der Waals surface area contributed by atoms with Gasteiger partial charge in [-0.3, -0.25) is 0 Å². The van der Waals surface area contributed by atoms with Gasteiger partial charge in [0.05, 0.1) is 17.8 Å². The zero-order valence-electron chi connectivity index (χ0n) is 9.87. The van der Waals surface area contributed by atoms with Gasteiger partial charge in [-0.25, -0.2) is 21.9 Å². The van der Waals surface area contributed by atoms with E-state index < -0.39 is 44.4 Å². The van der Waals surface area contributed by atoms with Crippen molar-refractivity contribution < 1.29 is 22.3 Å². The van der Waals surface area contributed by atoms with E-state index in [0.717, 1.165) is 0 Å². The Bertz CT molecular complexity index is 558. The topological polar surface area (TPSA) is 92.4 Å². The number of nitrogens with one attached hydrogen (secondary N) is 1. The molecule has 4 N–H and O–H groups in total. The van der Waals surface area contributed by atoms with Crippen LogP contribution in [-0.4, -0.2) is 25.7 Å². The molecule has 1 aromatic rings. The molecule has 0 unspecified atom stereocenters. The Labute approximate surface area is 104 Å². The largest absolute Gasteiger partial charge is 0.396 e. The van der Waals surface area contributed by atoms with Crippen LogP contribution < -0.4 is 10.5 Å². The molecule has 0 spiro atoms. The Balaban J connectivity index is 3.26. The lowest BCUT2D eigenvalue weighted by Crippen LogP contribution is -2.46. The normalized spacial score (nSPS) is 12.7. The molecule has 1 aromatic carbocycles. The van der Waals surface area contributed by atoms with E-state index >= 15 is 0 Å². The third-order valence-electron chi connectivity index (χ3n) is 2.15. The molecule has 0 saturated carbocycles. The molecule has 0 aliphatic heterocycles. The molecule has 1 rings (SSSR count). The van der Waals surface area contributed by atoms with Gasteiger partial charge in [0.2, 0.25) is 10.0 Å². The molecular weight excluding hydrogens is 266 g/mol. The van der Waals surface area contributed by atoms with E-state index in [9.17, 15) is 17.2 Å². The van der Waals surface area contributed by atoms with Gasteiger partial charge in [-0.1, -0.05) is 0 Å². The van der Waals surface area contributed by atoms with Crippen LogP contribution in [0.1, 0.15) is 13.8 Å². The van der Waals surface area contributed by atoms with Crippen molar-refractivity contribution in [2.24, 2.45) is 0 Å². The minimum Gasteiger partial charge on any atom is -0.396 e. The van der Waals surface area contributed by atoms with Crippen molar-refractivity contribution in [2.45, 2.75) is 24.3 Å². The maximum atomic E-state index is 13.4. The molecule has 0 atom stereocenters. The Morgan fingerprint density at radius 1 is 1.33 bits per heavy atom. The average Bonchev–Trinajstić information content (AvgIpc) is 2.21. The summed E-state index contributed by atoms with van der Waals surface area (Å²) in [6.07, 6.45) is 0. The Hall–Kier alpha value is -1.25. The van der Waals surface area contributed by atoms with Gasteiger partial charge in [-0.05, 0) is 19.9 Å². The predicted molar refractivity (Wildman–Crippen MR) is 62.3 cm³/mol. The highest BCUT2D eigenvalue weighted by Crippen LogP contribution is 2.22. The number of sulfonamides is 1. The number of hydrogen-bond donors (Lipinski definition) is 3. The van der Waals surface area contributed by atoms with Crippen molar-refractivity contribution in [2.75, 3.05) is 12.3 Å². The van der Waals surface area contributed by atoms with E-state index in [2.05, 4.69) is 4.72 Å². The molecule has 0 aliphatic rings. The van der Waals surface area contributed by atoms with E-state index in [-0.39, 0.29) is 0 Å². The van der Waals surface area contributed by atoms with Crippen LogP contribution in [0.3, 0.4) is 0 Å². The minimum absolute atomic E-state index is 0.399. The summed E-state index contributed by atoms with van der Waals surface area (Å²) in [7, 11) is -4.23. The first kappa shape index (κ1) is 14.8. The van der Waals surface area contributed by atoms with Crippen LogP contribution >= 0.6 is 0 Å². The van der Waals surface area contributed by atoms with Crippen LogP contribution in [0.5, 0.6) is 0 Å². The number of benzene rings is 1. The molecular formula is C10H14F2N2O3S. The molecule has 0 saturated heterocycles. The smallest absolute Gasteiger partial charge is 0.244 e. The molecule has 18 heavy (non-hydrogen) atoms. The molecule has 102 valence electrons. The number of aliphatic hydroxyl groups is 1. The van der Waals surface area contributed by atoms with Crippen molar-refractivity contribution in [1.82, 2.24) is 4.72 Å². The summed E-state index contributed by atoms with van der Waals surface area (Å²) in [6.45, 7) is 2.34. The highest BCUT2D eigenvalue weighted by molar-refractivity contribution is 7.89. The molecule has 0 aliphatic carbocycles. The zero-order valence-corrected chi connectivity index (χ0v) is 10.7. The molecule has 0 aromatic heterocycles. The second kappa shape index (κ2) is 4.79. The number of anilines is 1. The first-order chi connectivity index (χ1) is 8.09. The predicted octanol–water partition coefficient (Wildman–Crippen LogP) is 0.596. The summed E-state index contributed by atoms with van der Waals surface area (Å²) in [5.41, 5.74) is 3.55. The molecule has 0 fully saturated rings. The zero-order chi connectivity index (χ0) is 14.1. The van der Waals surface area contributed by atoms with Gasteiger partial charge in [-0.2, -0.15) is 0 Å². The SMILES string of the molecule is CC(C)(CO)NS(=O)(=O)c1cc(N)c(F)cc1F. The van der Waals surface area contributed by atoms with Crippen molar-refractivity contribution in [3.63, 3.8) is 0 Å². The van der Waals surface area contributed by atoms with E-state index in [1.807, 2.05) is 0 Å². The van der Waals surface area contributed by atoms with E-state index in [0.29, 0.717) is 12.1 Å². The Kier molecular flexibility index (Phi) is 3.94. The third kappa shape index (κ3) is 3.15. The summed E-state index contributed by atoms with van der Waals surface area (Å²) >= 11 is 0. The first-order valence-electron chi connectivity index (χ1n) is 4.98. The van der Waals surface area contributed by atoms with E-state index in [4.69, 9.17) is 10.8 Å². The Morgan fingerprint density at radius 2 is 1.89 bits per heavy atom. The van der Waals surface area contributed by atoms with Crippen LogP contribution in [0.25, 0.3) is 0 Å². The lowest BCUT2D eigenvalue weighted by atomic mass is 10.1. The lowest BCUT2D eigenvalue weighted by Gasteiger charge is -2.23. The van der Waals surface area contributed by atoms with Crippen molar-refractivity contribution in [3.8, 4) is 0 Å². The fourth-order valence-electron chi connectivity index (χ4n) is 1.20. The van der Waals surface area contributed by atoms with E-state index in [1.165, 1.54) is 13.8 Å². The van der Waals surface area contributed by atoms with Gasteiger partial charge < -0.3 is 10.8 Å². The fraction of sp³-hybridized carbons (Fsp3) is 0.400. The monoisotopic (exact) mass is 280 g/mol. The van der Waals surface area contributed by atoms with Crippen molar-refractivity contribution in [1.29, 1.82) is 0 Å². The fourth-order valence-corrected chi connectivity index (χ4v) is 2.70. The van der Waals surface area contributed by atoms with Gasteiger partial charge >= 0.3 is 0 Å². The number of rotatable bonds is 4. The second-order valence-electron chi connectivity index (χ2n) is 4.45. The number of nitrogens with two attached hydrogens (primary N) is 1. The van der Waals surface area contributed by atoms with Gasteiger partial charge in [0.25, 0.3) is 0 Å². The van der Waals surface area contributed by atoms with Crippen LogP contribution in [-0.2, 0) is 10.0 Å². The molecule has 0 radical (unpaired) electrons. The standard InChI is InChI=1S/C10H14F2N2O3S/c1-10(2,5-15)14-18(16,17)9-4-8(13)6(11)3-7(9)12/h3-4,14-15H,5,13H2,1-2H3. The number of nitrogen functional groups attached to an aromatic ring is 1. The van der Waals surface area contributed by atoms with Gasteiger partial charge in [0.15, 0.2) is 0 Å². The maximum Gasteiger partial charge on any atom is 0.244 e. The van der Waals surface area contributed by atoms with Crippen LogP contribution in [0.15, 0.2) is 17.0 Å². The van der Waals surface area contributed by atoms with Crippen molar-refractivity contribution >= 4 is 15.7 Å². The number of hydrogen-bond acceptors (Lipinski definition) is 4. The first-order valence-corrected chi connectivity index (χ1v) is 6.47. The summed E-state index contributed by atoms with van der Waals surface area (Å²) in [5.74, 6) is -2.28. The summed E-state index contributed by atoms with van der Waals surface area (Å²) in [6, 6.07) is 1.09. The second-order valence-corrected chi connectivity index (χ2v) is 6.10. The van der Waals surface area contributed by atoms with Crippen molar-refractivity contribution in [3.05, 3.63) is 23.8 Å². The molecule has 5 nitrogen and oxygen atoms in total. The highest BCUT2D eigenvalue weighted by Gasteiger charge is 2.28. The van der Waals surface area contributed by atoms with Gasteiger partial charge in [0, 0.05) is 6.07 Å². The number of halogens is 2. The summed E-state index contributed by atoms with van der Waals surface area (Å²) in [5, 5.41) is 8.97. The third-order valence-corrected chi connectivity index (χ3v) is 3.86. The van der Waals surface area contributed by atoms with E-state index in [1.54, 1.807) is 0 Å². The Morgan fingerprint density at radius 3 is 2.39 bits per heavy atom. The number of aliphatic hydroxyl groups excluding tert-OH is 1. The maximum absolute atomic E-state index is 13.4. The molecule has 0 amide bonds. The van der Waals surface area contributed by atoms with Crippen LogP contribution in [0.2, 0.25) is 0 Å². The lowest BCUT2D eigenvalue weighted by molar-refractivity contribution is 0.208. The quantitative estimate of drug-likeness (QED) is 0.704. The summed E-state index contributed by atoms with van der Waals surface area (Å²) < 4.78 is 52.2. The van der Waals surface area contributed by atoms with Gasteiger partial charge in [-0.15, -0.1) is 0 Å². The van der Waals surface area contributed by atoms with Gasteiger partial charge in [0.1, 0.15) is 16.5 Å². The summed E-state index contributed by atoms with van der Waals surface area (Å²) in [4.78, 5) is -0.761. The van der Waals surface area contributed by atoms with Crippen LogP contribution in [0, 0.1) is 11.6 Å². The van der Waals surface area contributed by atoms with Crippen LogP contribution in [0.4, 0.5) is 14.5 Å².